The van der Waals surface area contributed by atoms with Gasteiger partial charge in [-0.2, -0.15) is 0 Å². The first-order valence-corrected chi connectivity index (χ1v) is 7.66. The van der Waals surface area contributed by atoms with Crippen molar-refractivity contribution in [3.63, 3.8) is 0 Å². The molecule has 0 atom stereocenters. The minimum Gasteiger partial charge on any atom is -0.370 e. The predicted octanol–water partition coefficient (Wildman–Crippen LogP) is 4.46. The fraction of sp³-hybridized carbons (Fsp3) is 0.250. The van der Waals surface area contributed by atoms with Crippen LogP contribution < -0.4 is 10.2 Å². The van der Waals surface area contributed by atoms with E-state index in [1.807, 2.05) is 19.2 Å². The van der Waals surface area contributed by atoms with Crippen molar-refractivity contribution in [1.29, 1.82) is 0 Å². The molecule has 0 aliphatic rings. The maximum absolute atomic E-state index is 6.08. The van der Waals surface area contributed by atoms with Crippen LogP contribution in [0.25, 0.3) is 0 Å². The van der Waals surface area contributed by atoms with E-state index in [4.69, 9.17) is 11.6 Å². The largest absolute Gasteiger partial charge is 0.370 e. The van der Waals surface area contributed by atoms with Gasteiger partial charge in [-0.3, -0.25) is 0 Å². The normalized spacial score (nSPS) is 10.6. The summed E-state index contributed by atoms with van der Waals surface area (Å²) in [5.41, 5.74) is 3.69. The van der Waals surface area contributed by atoms with Crippen molar-refractivity contribution in [2.75, 3.05) is 19.0 Å². The first-order valence-electron chi connectivity index (χ1n) is 6.49. The lowest BCUT2D eigenvalue weighted by atomic mass is 10.1. The van der Waals surface area contributed by atoms with Crippen molar-refractivity contribution >= 4 is 33.2 Å². The van der Waals surface area contributed by atoms with Gasteiger partial charge in [0.05, 0.1) is 0 Å². The highest BCUT2D eigenvalue weighted by atomic mass is 79.9. The Hall–Kier alpha value is -1.03. The average molecular weight is 354 g/mol. The summed E-state index contributed by atoms with van der Waals surface area (Å²) in [6.45, 7) is 1.67. The minimum absolute atomic E-state index is 0.774. The third-order valence-electron chi connectivity index (χ3n) is 3.15. The smallest absolute Gasteiger partial charge is 0.0426 e. The molecule has 106 valence electrons. The van der Waals surface area contributed by atoms with E-state index in [0.29, 0.717) is 0 Å². The van der Waals surface area contributed by atoms with E-state index in [2.05, 4.69) is 63.5 Å². The highest BCUT2D eigenvalue weighted by molar-refractivity contribution is 9.10. The summed E-state index contributed by atoms with van der Waals surface area (Å²) in [6.07, 6.45) is 0. The van der Waals surface area contributed by atoms with Gasteiger partial charge in [0.1, 0.15) is 0 Å². The van der Waals surface area contributed by atoms with E-state index in [1.165, 1.54) is 16.8 Å². The van der Waals surface area contributed by atoms with Crippen molar-refractivity contribution in [1.82, 2.24) is 5.32 Å². The minimum atomic E-state index is 0.774. The topological polar surface area (TPSA) is 15.3 Å². The summed E-state index contributed by atoms with van der Waals surface area (Å²) in [7, 11) is 4.05. The molecule has 0 unspecified atom stereocenters. The zero-order valence-electron chi connectivity index (χ0n) is 11.7. The Balaban J connectivity index is 2.19. The van der Waals surface area contributed by atoms with Crippen LogP contribution in [0.3, 0.4) is 0 Å². The standard InChI is InChI=1S/C16H18BrClN2/c1-19-10-13-9-15(18)7-8-16(13)20(2)11-12-3-5-14(17)6-4-12/h3-9,19H,10-11H2,1-2H3. The van der Waals surface area contributed by atoms with Crippen LogP contribution in [0.15, 0.2) is 46.9 Å². The average Bonchev–Trinajstić information content (AvgIpc) is 2.42. The molecule has 0 spiro atoms. The van der Waals surface area contributed by atoms with E-state index < -0.39 is 0 Å². The maximum Gasteiger partial charge on any atom is 0.0426 e. The molecule has 0 radical (unpaired) electrons. The van der Waals surface area contributed by atoms with Crippen LogP contribution in [0.1, 0.15) is 11.1 Å². The fourth-order valence-electron chi connectivity index (χ4n) is 2.21. The summed E-state index contributed by atoms with van der Waals surface area (Å²) < 4.78 is 1.10. The SMILES string of the molecule is CNCc1cc(Cl)ccc1N(C)Cc1ccc(Br)cc1. The molecule has 0 amide bonds. The van der Waals surface area contributed by atoms with Crippen molar-refractivity contribution in [2.45, 2.75) is 13.1 Å². The van der Waals surface area contributed by atoms with Gasteiger partial charge in [-0.15, -0.1) is 0 Å². The third kappa shape index (κ3) is 3.98. The molecular formula is C16H18BrClN2. The maximum atomic E-state index is 6.08. The number of benzene rings is 2. The molecule has 0 saturated heterocycles. The molecule has 0 heterocycles. The molecule has 0 fully saturated rings. The second-order valence-electron chi connectivity index (χ2n) is 4.79. The van der Waals surface area contributed by atoms with Crippen LogP contribution in [0.2, 0.25) is 5.02 Å². The zero-order chi connectivity index (χ0) is 14.5. The molecule has 2 aromatic rings. The molecule has 4 heteroatoms. The fourth-order valence-corrected chi connectivity index (χ4v) is 2.67. The zero-order valence-corrected chi connectivity index (χ0v) is 14.0. The third-order valence-corrected chi connectivity index (χ3v) is 3.92. The molecule has 0 aliphatic heterocycles. The van der Waals surface area contributed by atoms with Crippen molar-refractivity contribution in [3.05, 3.63) is 63.1 Å². The van der Waals surface area contributed by atoms with Gasteiger partial charge in [-0.1, -0.05) is 39.7 Å². The summed E-state index contributed by atoms with van der Waals surface area (Å²) in [4.78, 5) is 2.24. The van der Waals surface area contributed by atoms with E-state index in [9.17, 15) is 0 Å². The number of halogens is 2. The van der Waals surface area contributed by atoms with Crippen LogP contribution >= 0.6 is 27.5 Å². The quantitative estimate of drug-likeness (QED) is 0.854. The molecule has 0 aliphatic carbocycles. The Kier molecular flexibility index (Phi) is 5.46. The van der Waals surface area contributed by atoms with Gasteiger partial charge in [0.2, 0.25) is 0 Å². The number of nitrogens with zero attached hydrogens (tertiary/aromatic N) is 1. The molecule has 0 bridgehead atoms. The van der Waals surface area contributed by atoms with Gasteiger partial charge in [0.15, 0.2) is 0 Å². The number of rotatable bonds is 5. The van der Waals surface area contributed by atoms with Gasteiger partial charge in [0, 0.05) is 35.3 Å². The Labute approximate surface area is 133 Å². The highest BCUT2D eigenvalue weighted by Gasteiger charge is 2.08. The monoisotopic (exact) mass is 352 g/mol. The number of hydrogen-bond acceptors (Lipinski definition) is 2. The molecular weight excluding hydrogens is 336 g/mol. The first kappa shape index (κ1) is 15.4. The lowest BCUT2D eigenvalue weighted by Gasteiger charge is -2.23. The highest BCUT2D eigenvalue weighted by Crippen LogP contribution is 2.25. The lowest BCUT2D eigenvalue weighted by molar-refractivity contribution is 0.805. The van der Waals surface area contributed by atoms with Crippen molar-refractivity contribution in [2.24, 2.45) is 0 Å². The molecule has 20 heavy (non-hydrogen) atoms. The molecule has 2 nitrogen and oxygen atoms in total. The van der Waals surface area contributed by atoms with Gasteiger partial charge in [0.25, 0.3) is 0 Å². The second kappa shape index (κ2) is 7.11. The summed E-state index contributed by atoms with van der Waals surface area (Å²) >= 11 is 9.54. The predicted molar refractivity (Wildman–Crippen MR) is 90.5 cm³/mol. The Morgan fingerprint density at radius 3 is 2.50 bits per heavy atom. The molecule has 2 aromatic carbocycles. The van der Waals surface area contributed by atoms with Crippen molar-refractivity contribution < 1.29 is 0 Å². The van der Waals surface area contributed by atoms with Gasteiger partial charge < -0.3 is 10.2 Å². The first-order chi connectivity index (χ1) is 9.60. The van der Waals surface area contributed by atoms with Crippen LogP contribution in [0.4, 0.5) is 5.69 Å². The Bertz CT molecular complexity index is 569. The van der Waals surface area contributed by atoms with Gasteiger partial charge in [-0.05, 0) is 48.5 Å². The summed E-state index contributed by atoms with van der Waals surface area (Å²) in [5.74, 6) is 0. The summed E-state index contributed by atoms with van der Waals surface area (Å²) in [6, 6.07) is 14.4. The van der Waals surface area contributed by atoms with E-state index in [1.54, 1.807) is 0 Å². The Morgan fingerprint density at radius 1 is 1.15 bits per heavy atom. The van der Waals surface area contributed by atoms with Gasteiger partial charge in [-0.25, -0.2) is 0 Å². The lowest BCUT2D eigenvalue weighted by Crippen LogP contribution is -2.19. The molecule has 0 saturated carbocycles. The van der Waals surface area contributed by atoms with Crippen LogP contribution in [0, 0.1) is 0 Å². The van der Waals surface area contributed by atoms with Crippen LogP contribution in [-0.4, -0.2) is 14.1 Å². The molecule has 1 N–H and O–H groups in total. The number of anilines is 1. The summed E-state index contributed by atoms with van der Waals surface area (Å²) in [5, 5.41) is 3.96. The molecule has 0 aromatic heterocycles. The van der Waals surface area contributed by atoms with Crippen LogP contribution in [-0.2, 0) is 13.1 Å². The Morgan fingerprint density at radius 2 is 1.85 bits per heavy atom. The number of nitrogens with one attached hydrogen (secondary N) is 1. The van der Waals surface area contributed by atoms with Gasteiger partial charge >= 0.3 is 0 Å². The van der Waals surface area contributed by atoms with Crippen LogP contribution in [0.5, 0.6) is 0 Å². The van der Waals surface area contributed by atoms with E-state index >= 15 is 0 Å². The molecule has 2 rings (SSSR count). The number of hydrogen-bond donors (Lipinski definition) is 1. The van der Waals surface area contributed by atoms with E-state index in [0.717, 1.165) is 22.6 Å². The van der Waals surface area contributed by atoms with Crippen molar-refractivity contribution in [3.8, 4) is 0 Å². The van der Waals surface area contributed by atoms with E-state index in [-0.39, 0.29) is 0 Å². The second-order valence-corrected chi connectivity index (χ2v) is 6.14.